The van der Waals surface area contributed by atoms with Crippen molar-refractivity contribution in [2.45, 2.75) is 12.5 Å². The smallest absolute Gasteiger partial charge is 0.325 e. The van der Waals surface area contributed by atoms with Crippen molar-refractivity contribution in [1.82, 2.24) is 5.32 Å². The maximum atomic E-state index is 10.9. The minimum absolute atomic E-state index is 0.297. The third-order valence-electron chi connectivity index (χ3n) is 1.45. The van der Waals surface area contributed by atoms with Crippen LogP contribution in [-0.4, -0.2) is 39.3 Å². The lowest BCUT2D eigenvalue weighted by atomic mass is 10.3. The van der Waals surface area contributed by atoms with Gasteiger partial charge in [0.05, 0.1) is 13.7 Å². The first-order valence-electron chi connectivity index (χ1n) is 3.26. The van der Waals surface area contributed by atoms with Crippen molar-refractivity contribution in [3.8, 4) is 0 Å². The molecule has 0 amide bonds. The fourth-order valence-electron chi connectivity index (χ4n) is 0.859. The Labute approximate surface area is 64.6 Å². The Morgan fingerprint density at radius 2 is 2.36 bits per heavy atom. The van der Waals surface area contributed by atoms with Gasteiger partial charge in [0.15, 0.2) is 0 Å². The molecule has 5 heteroatoms. The number of hydrogen-bond donors (Lipinski definition) is 1. The maximum Gasteiger partial charge on any atom is 0.325 e. The first kappa shape index (κ1) is 8.45. The van der Waals surface area contributed by atoms with E-state index in [9.17, 15) is 4.79 Å². The highest BCUT2D eigenvalue weighted by Crippen LogP contribution is 2.03. The number of carbonyl (C=O) groups is 1. The normalized spacial score (nSPS) is 30.4. The summed E-state index contributed by atoms with van der Waals surface area (Å²) in [6.07, 6.45) is -0.487. The van der Waals surface area contributed by atoms with Crippen molar-refractivity contribution >= 4 is 5.97 Å². The van der Waals surface area contributed by atoms with Gasteiger partial charge in [-0.1, -0.05) is 0 Å². The number of esters is 1. The van der Waals surface area contributed by atoms with Gasteiger partial charge in [0, 0.05) is 7.11 Å². The van der Waals surface area contributed by atoms with E-state index in [1.54, 1.807) is 0 Å². The SMILES string of the molecule is COC(=O)C1COC(OC)N1. The van der Waals surface area contributed by atoms with Crippen LogP contribution in [0.3, 0.4) is 0 Å². The van der Waals surface area contributed by atoms with Crippen molar-refractivity contribution in [2.75, 3.05) is 20.8 Å². The van der Waals surface area contributed by atoms with Crippen LogP contribution in [0.2, 0.25) is 0 Å². The van der Waals surface area contributed by atoms with E-state index >= 15 is 0 Å². The monoisotopic (exact) mass is 161 g/mol. The van der Waals surface area contributed by atoms with Gasteiger partial charge in [0.25, 0.3) is 0 Å². The van der Waals surface area contributed by atoms with Crippen molar-refractivity contribution < 1.29 is 19.0 Å². The Balaban J connectivity index is 2.35. The average molecular weight is 161 g/mol. The highest BCUT2D eigenvalue weighted by atomic mass is 16.7. The van der Waals surface area contributed by atoms with Crippen LogP contribution in [0, 0.1) is 0 Å². The summed E-state index contributed by atoms with van der Waals surface area (Å²) in [7, 11) is 2.83. The Bertz CT molecular complexity index is 150. The molecule has 1 aliphatic heterocycles. The molecule has 1 rings (SSSR count). The molecule has 1 heterocycles. The fourth-order valence-corrected chi connectivity index (χ4v) is 0.859. The van der Waals surface area contributed by atoms with E-state index in [2.05, 4.69) is 10.1 Å². The predicted octanol–water partition coefficient (Wildman–Crippen LogP) is -0.922. The number of ether oxygens (including phenoxy) is 3. The number of nitrogens with one attached hydrogen (secondary N) is 1. The van der Waals surface area contributed by atoms with Crippen LogP contribution in [0.25, 0.3) is 0 Å². The fraction of sp³-hybridized carbons (Fsp3) is 0.833. The van der Waals surface area contributed by atoms with Crippen LogP contribution in [-0.2, 0) is 19.0 Å². The Hall–Kier alpha value is -0.650. The highest BCUT2D eigenvalue weighted by Gasteiger charge is 2.30. The molecule has 11 heavy (non-hydrogen) atoms. The second kappa shape index (κ2) is 3.66. The summed E-state index contributed by atoms with van der Waals surface area (Å²) < 4.78 is 14.3. The standard InChI is InChI=1S/C6H11NO4/c1-9-5(8)4-3-11-6(7-4)10-2/h4,6-7H,3H2,1-2H3. The maximum absolute atomic E-state index is 10.9. The van der Waals surface area contributed by atoms with Gasteiger partial charge in [-0.15, -0.1) is 0 Å². The van der Waals surface area contributed by atoms with Crippen LogP contribution in [0.15, 0.2) is 0 Å². The lowest BCUT2D eigenvalue weighted by molar-refractivity contribution is -0.142. The molecule has 1 N–H and O–H groups in total. The molecule has 0 spiro atoms. The van der Waals surface area contributed by atoms with E-state index in [1.165, 1.54) is 14.2 Å². The molecule has 5 nitrogen and oxygen atoms in total. The van der Waals surface area contributed by atoms with Crippen molar-refractivity contribution in [3.05, 3.63) is 0 Å². The molecule has 0 aromatic heterocycles. The summed E-state index contributed by atoms with van der Waals surface area (Å²) in [6, 6.07) is -0.398. The number of methoxy groups -OCH3 is 2. The summed E-state index contributed by atoms with van der Waals surface area (Å²) in [6.45, 7) is 0.297. The number of hydrogen-bond acceptors (Lipinski definition) is 5. The lowest BCUT2D eigenvalue weighted by Gasteiger charge is -2.07. The minimum atomic E-state index is -0.487. The second-order valence-corrected chi connectivity index (χ2v) is 2.14. The summed E-state index contributed by atoms with van der Waals surface area (Å²) >= 11 is 0. The quantitative estimate of drug-likeness (QED) is 0.531. The van der Waals surface area contributed by atoms with E-state index in [4.69, 9.17) is 9.47 Å². The van der Waals surface area contributed by atoms with E-state index < -0.39 is 12.5 Å². The molecule has 0 aliphatic carbocycles. The molecule has 0 radical (unpaired) electrons. The average Bonchev–Trinajstić information content (AvgIpc) is 2.50. The first-order valence-corrected chi connectivity index (χ1v) is 3.26. The Kier molecular flexibility index (Phi) is 2.81. The summed E-state index contributed by atoms with van der Waals surface area (Å²) in [4.78, 5) is 10.9. The second-order valence-electron chi connectivity index (χ2n) is 2.14. The van der Waals surface area contributed by atoms with Gasteiger partial charge in [0.1, 0.15) is 6.04 Å². The van der Waals surface area contributed by atoms with Gasteiger partial charge in [0.2, 0.25) is 6.41 Å². The lowest BCUT2D eigenvalue weighted by Crippen LogP contribution is -2.38. The highest BCUT2D eigenvalue weighted by molar-refractivity contribution is 5.76. The van der Waals surface area contributed by atoms with Gasteiger partial charge >= 0.3 is 5.97 Å². The van der Waals surface area contributed by atoms with E-state index in [-0.39, 0.29) is 5.97 Å². The topological polar surface area (TPSA) is 56.8 Å². The van der Waals surface area contributed by atoms with Gasteiger partial charge in [-0.3, -0.25) is 10.1 Å². The molecule has 1 fully saturated rings. The van der Waals surface area contributed by atoms with Crippen LogP contribution in [0.4, 0.5) is 0 Å². The number of rotatable bonds is 2. The molecule has 2 unspecified atom stereocenters. The molecule has 0 bridgehead atoms. The van der Waals surface area contributed by atoms with E-state index in [1.807, 2.05) is 0 Å². The van der Waals surface area contributed by atoms with Crippen molar-refractivity contribution in [2.24, 2.45) is 0 Å². The van der Waals surface area contributed by atoms with Gasteiger partial charge in [-0.05, 0) is 0 Å². The largest absolute Gasteiger partial charge is 0.468 e. The number of carbonyl (C=O) groups excluding carboxylic acids is 1. The van der Waals surface area contributed by atoms with E-state index in [0.29, 0.717) is 6.61 Å². The van der Waals surface area contributed by atoms with Gasteiger partial charge in [-0.2, -0.15) is 0 Å². The third kappa shape index (κ3) is 1.89. The molecule has 1 aliphatic rings. The Morgan fingerprint density at radius 1 is 1.64 bits per heavy atom. The summed E-state index contributed by atoms with van der Waals surface area (Å²) in [5.41, 5.74) is 0. The Morgan fingerprint density at radius 3 is 2.82 bits per heavy atom. The van der Waals surface area contributed by atoms with E-state index in [0.717, 1.165) is 0 Å². The molecule has 0 saturated carbocycles. The van der Waals surface area contributed by atoms with Crippen molar-refractivity contribution in [1.29, 1.82) is 0 Å². The predicted molar refractivity (Wildman–Crippen MR) is 35.7 cm³/mol. The molecule has 2 atom stereocenters. The van der Waals surface area contributed by atoms with Crippen molar-refractivity contribution in [3.63, 3.8) is 0 Å². The molecule has 0 aromatic carbocycles. The molecule has 1 saturated heterocycles. The molecule has 64 valence electrons. The van der Waals surface area contributed by atoms with Crippen LogP contribution in [0.5, 0.6) is 0 Å². The molecule has 0 aromatic rings. The first-order chi connectivity index (χ1) is 5.27. The van der Waals surface area contributed by atoms with Crippen LogP contribution >= 0.6 is 0 Å². The zero-order valence-electron chi connectivity index (χ0n) is 6.49. The zero-order chi connectivity index (χ0) is 8.27. The summed E-state index contributed by atoms with van der Waals surface area (Å²) in [5, 5.41) is 2.77. The minimum Gasteiger partial charge on any atom is -0.468 e. The molecular formula is C6H11NO4. The zero-order valence-corrected chi connectivity index (χ0v) is 6.49. The van der Waals surface area contributed by atoms with Gasteiger partial charge in [-0.25, -0.2) is 0 Å². The van der Waals surface area contributed by atoms with Crippen LogP contribution in [0.1, 0.15) is 0 Å². The summed E-state index contributed by atoms with van der Waals surface area (Å²) in [5.74, 6) is -0.329. The van der Waals surface area contributed by atoms with Gasteiger partial charge < -0.3 is 14.2 Å². The van der Waals surface area contributed by atoms with Crippen LogP contribution < -0.4 is 5.32 Å². The third-order valence-corrected chi connectivity index (χ3v) is 1.45. The molecular weight excluding hydrogens is 150 g/mol.